The molecule has 0 bridgehead atoms. The Morgan fingerprint density at radius 2 is 0.564 bits per heavy atom. The van der Waals surface area contributed by atoms with Crippen molar-refractivity contribution in [3.63, 3.8) is 0 Å². The SMILES string of the molecule is Clc1nc(-c2ccc(-c3ccccc3)cc2)c2ccccc2n1.c1ccc(-c2ccc(-c3nc(-n4c5ccccc5c5cc(-c6ccc7c(c6)c6ccccc6n7-c6ccccc6)c6ccccc6c54)nc4ccccc34)cc2)cc1.c1ccc(-n2c3ccccc3c3cc(-c4cc5c6ccccc6[nH]c5c5ccccc45)ccc32)cc1. The Labute approximate surface area is 678 Å². The maximum atomic E-state index is 6.08. The zero-order valence-electron chi connectivity index (χ0n) is 63.3. The molecule has 24 rings (SSSR count). The van der Waals surface area contributed by atoms with Crippen LogP contribution in [0.15, 0.2) is 413 Å². The molecule has 24 aromatic rings. The van der Waals surface area contributed by atoms with E-state index < -0.39 is 0 Å². The molecule has 6 heterocycles. The lowest BCUT2D eigenvalue weighted by Gasteiger charge is -2.14. The molecule has 0 spiro atoms. The molecule has 0 saturated carbocycles. The van der Waals surface area contributed by atoms with Crippen LogP contribution in [0.1, 0.15) is 0 Å². The maximum absolute atomic E-state index is 6.08. The van der Waals surface area contributed by atoms with Crippen molar-refractivity contribution in [2.24, 2.45) is 0 Å². The summed E-state index contributed by atoms with van der Waals surface area (Å²) in [6, 6.07) is 146. The minimum absolute atomic E-state index is 0.269. The van der Waals surface area contributed by atoms with Gasteiger partial charge >= 0.3 is 0 Å². The number of rotatable bonds is 9. The number of nitrogens with one attached hydrogen (secondary N) is 1. The maximum Gasteiger partial charge on any atom is 0.235 e. The van der Waals surface area contributed by atoms with Crippen molar-refractivity contribution in [2.75, 3.05) is 0 Å². The van der Waals surface area contributed by atoms with Crippen molar-refractivity contribution in [3.8, 4) is 84.3 Å². The first-order valence-electron chi connectivity index (χ1n) is 39.5. The summed E-state index contributed by atoms with van der Waals surface area (Å²) in [6.45, 7) is 0. The summed E-state index contributed by atoms with van der Waals surface area (Å²) in [5.41, 5.74) is 27.0. The molecular weight excluding hydrogens is 1440 g/mol. The van der Waals surface area contributed by atoms with Crippen LogP contribution < -0.4 is 0 Å². The van der Waals surface area contributed by atoms with Gasteiger partial charge in [-0.2, -0.15) is 0 Å². The lowest BCUT2D eigenvalue weighted by Crippen LogP contribution is -2.04. The summed E-state index contributed by atoms with van der Waals surface area (Å²) >= 11 is 6.08. The van der Waals surface area contributed by atoms with Gasteiger partial charge in [0.15, 0.2) is 0 Å². The number of aromatic amines is 1. The number of aromatic nitrogens is 8. The van der Waals surface area contributed by atoms with Gasteiger partial charge in [-0.3, -0.25) is 4.57 Å². The molecule has 9 heteroatoms. The molecule has 18 aromatic carbocycles. The van der Waals surface area contributed by atoms with Gasteiger partial charge in [-0.25, -0.2) is 19.9 Å². The Kier molecular flexibility index (Phi) is 16.8. The predicted octanol–water partition coefficient (Wildman–Crippen LogP) is 28.8. The van der Waals surface area contributed by atoms with Gasteiger partial charge in [0.25, 0.3) is 0 Å². The van der Waals surface area contributed by atoms with Crippen LogP contribution in [0, 0.1) is 0 Å². The summed E-state index contributed by atoms with van der Waals surface area (Å²) in [6.07, 6.45) is 0. The Balaban J connectivity index is 0.000000119. The van der Waals surface area contributed by atoms with Crippen molar-refractivity contribution in [3.05, 3.63) is 418 Å². The van der Waals surface area contributed by atoms with Crippen molar-refractivity contribution < 1.29 is 0 Å². The van der Waals surface area contributed by atoms with Gasteiger partial charge in [0.1, 0.15) is 0 Å². The van der Waals surface area contributed by atoms with E-state index in [0.29, 0.717) is 5.95 Å². The molecule has 8 nitrogen and oxygen atoms in total. The van der Waals surface area contributed by atoms with Crippen LogP contribution in [0.3, 0.4) is 0 Å². The lowest BCUT2D eigenvalue weighted by atomic mass is 9.94. The third-order valence-electron chi connectivity index (χ3n) is 23.1. The highest BCUT2D eigenvalue weighted by Crippen LogP contribution is 2.46. The first kappa shape index (κ1) is 68.5. The zero-order valence-corrected chi connectivity index (χ0v) is 64.0. The number of hydrogen-bond donors (Lipinski definition) is 1. The van der Waals surface area contributed by atoms with E-state index in [9.17, 15) is 0 Å². The van der Waals surface area contributed by atoms with Gasteiger partial charge in [-0.05, 0) is 164 Å². The van der Waals surface area contributed by atoms with Crippen LogP contribution in [0.4, 0.5) is 0 Å². The quantitative estimate of drug-likeness (QED) is 0.146. The molecule has 0 radical (unpaired) electrons. The van der Waals surface area contributed by atoms with Gasteiger partial charge in [-0.15, -0.1) is 0 Å². The van der Waals surface area contributed by atoms with Gasteiger partial charge in [-0.1, -0.05) is 315 Å². The number of H-pyrrole nitrogens is 1. The average Bonchev–Trinajstić information content (AvgIpc) is 1.57. The van der Waals surface area contributed by atoms with Crippen LogP contribution in [0.2, 0.25) is 5.28 Å². The Morgan fingerprint density at radius 1 is 0.214 bits per heavy atom. The lowest BCUT2D eigenvalue weighted by molar-refractivity contribution is 1.02. The molecule has 548 valence electrons. The third-order valence-corrected chi connectivity index (χ3v) is 23.3. The van der Waals surface area contributed by atoms with E-state index in [1.54, 1.807) is 0 Å². The molecule has 0 aliphatic rings. The molecule has 0 atom stereocenters. The van der Waals surface area contributed by atoms with Crippen LogP contribution in [0.25, 0.3) is 215 Å². The van der Waals surface area contributed by atoms with E-state index >= 15 is 0 Å². The monoisotopic (exact) mass is 1510 g/mol. The van der Waals surface area contributed by atoms with E-state index in [1.807, 2.05) is 42.5 Å². The molecular formula is C108H69ClN8. The van der Waals surface area contributed by atoms with Gasteiger partial charge in [0.05, 0.1) is 61.0 Å². The Bertz CT molecular complexity index is 7990. The molecule has 1 N–H and O–H groups in total. The summed E-state index contributed by atoms with van der Waals surface area (Å²) < 4.78 is 7.02. The summed E-state index contributed by atoms with van der Waals surface area (Å²) in [7, 11) is 0. The topological polar surface area (TPSA) is 82.1 Å². The number of para-hydroxylation sites is 8. The second-order valence-corrected chi connectivity index (χ2v) is 30.1. The number of halogens is 1. The summed E-state index contributed by atoms with van der Waals surface area (Å²) in [5, 5.41) is 17.0. The second-order valence-electron chi connectivity index (χ2n) is 29.8. The van der Waals surface area contributed by atoms with Crippen LogP contribution >= 0.6 is 11.6 Å². The van der Waals surface area contributed by atoms with E-state index in [4.69, 9.17) is 21.6 Å². The van der Waals surface area contributed by atoms with Crippen LogP contribution in [-0.4, -0.2) is 38.6 Å². The van der Waals surface area contributed by atoms with Crippen molar-refractivity contribution in [1.82, 2.24) is 38.6 Å². The largest absolute Gasteiger partial charge is 0.354 e. The molecule has 0 aliphatic carbocycles. The highest BCUT2D eigenvalue weighted by molar-refractivity contribution is 6.29. The average molecular weight is 1510 g/mol. The molecule has 0 fully saturated rings. The molecule has 0 unspecified atom stereocenters. The van der Waals surface area contributed by atoms with Gasteiger partial charge in [0, 0.05) is 92.7 Å². The third kappa shape index (κ3) is 11.9. The molecule has 0 amide bonds. The zero-order chi connectivity index (χ0) is 77.4. The highest BCUT2D eigenvalue weighted by atomic mass is 35.5. The minimum Gasteiger partial charge on any atom is -0.354 e. The molecule has 117 heavy (non-hydrogen) atoms. The first-order valence-corrected chi connectivity index (χ1v) is 39.9. The fourth-order valence-corrected chi connectivity index (χ4v) is 17.9. The fraction of sp³-hybridized carbons (Fsp3) is 0. The molecule has 6 aromatic heterocycles. The molecule has 0 aliphatic heterocycles. The number of hydrogen-bond acceptors (Lipinski definition) is 4. The van der Waals surface area contributed by atoms with Crippen LogP contribution in [-0.2, 0) is 0 Å². The molecule has 0 saturated heterocycles. The summed E-state index contributed by atoms with van der Waals surface area (Å²) in [5.74, 6) is 0.653. The van der Waals surface area contributed by atoms with Crippen molar-refractivity contribution >= 4 is 142 Å². The summed E-state index contributed by atoms with van der Waals surface area (Å²) in [4.78, 5) is 23.1. The van der Waals surface area contributed by atoms with Crippen molar-refractivity contribution in [1.29, 1.82) is 0 Å². The van der Waals surface area contributed by atoms with Gasteiger partial charge in [0.2, 0.25) is 11.2 Å². The first-order chi connectivity index (χ1) is 58.0. The standard InChI is InChI=1S/C54H34N4.C34H22N2.C20H13ClN2/c1-3-15-35(16-4-1)36-27-29-37(30-28-36)52-44-23-9-12-24-48(44)55-54(56-52)58-50-26-14-11-21-42(50)47-34-45(40-19-7-8-22-43(40)53(47)58)38-31-32-51-46(33-38)41-20-10-13-25-49(41)57(51)39-17-5-2-6-18-39;1-2-10-23(11-3-1)36-32-17-9-7-14-26(32)29-20-22(18-19-33(29)36)28-21-30-25-13-6-8-16-31(25)35-34(30)27-15-5-4-12-24(27)28;21-20-22-18-9-5-4-8-17(18)19(23-20)16-12-10-15(11-13-16)14-6-2-1-3-7-14/h1-34H;1-21,35H;1-13H. The normalized spacial score (nSPS) is 11.6. The van der Waals surface area contributed by atoms with E-state index in [2.05, 4.69) is 399 Å². The Hall–Kier alpha value is -15.4. The van der Waals surface area contributed by atoms with E-state index in [1.165, 1.54) is 137 Å². The highest BCUT2D eigenvalue weighted by Gasteiger charge is 2.24. The number of fused-ring (bicyclic) bond motifs is 18. The Morgan fingerprint density at radius 3 is 1.09 bits per heavy atom. The number of nitrogens with zero attached hydrogens (tertiary/aromatic N) is 7. The second kappa shape index (κ2) is 28.7. The van der Waals surface area contributed by atoms with Crippen LogP contribution in [0.5, 0.6) is 0 Å². The van der Waals surface area contributed by atoms with E-state index in [0.717, 1.165) is 71.8 Å². The number of benzene rings is 18. The fourth-order valence-electron chi connectivity index (χ4n) is 17.7. The van der Waals surface area contributed by atoms with Gasteiger partial charge < -0.3 is 14.1 Å². The predicted molar refractivity (Wildman–Crippen MR) is 491 cm³/mol. The van der Waals surface area contributed by atoms with E-state index in [-0.39, 0.29) is 5.28 Å². The minimum atomic E-state index is 0.269. The smallest absolute Gasteiger partial charge is 0.235 e. The van der Waals surface area contributed by atoms with Crippen molar-refractivity contribution in [2.45, 2.75) is 0 Å².